The summed E-state index contributed by atoms with van der Waals surface area (Å²) in [5.41, 5.74) is 0. The van der Waals surface area contributed by atoms with E-state index < -0.39 is 0 Å². The van der Waals surface area contributed by atoms with Crippen LogP contribution in [0.25, 0.3) is 0 Å². The van der Waals surface area contributed by atoms with Crippen molar-refractivity contribution >= 4 is 5.78 Å². The SMILES string of the molecule is C[C@H]1CC[C@H](N2CCC(=O)CC2)CC1. The van der Waals surface area contributed by atoms with E-state index in [0.29, 0.717) is 5.78 Å². The van der Waals surface area contributed by atoms with Crippen molar-refractivity contribution in [2.75, 3.05) is 13.1 Å². The molecule has 1 heterocycles. The number of rotatable bonds is 1. The predicted molar refractivity (Wildman–Crippen MR) is 57.2 cm³/mol. The first kappa shape index (κ1) is 10.2. The van der Waals surface area contributed by atoms with Crippen LogP contribution in [0, 0.1) is 5.92 Å². The molecule has 80 valence electrons. The molecule has 2 fully saturated rings. The molecule has 0 aromatic carbocycles. The first-order valence-electron chi connectivity index (χ1n) is 6.01. The van der Waals surface area contributed by atoms with Gasteiger partial charge in [0.15, 0.2) is 0 Å². The van der Waals surface area contributed by atoms with Gasteiger partial charge in [0.2, 0.25) is 0 Å². The van der Waals surface area contributed by atoms with Crippen LogP contribution in [-0.4, -0.2) is 29.8 Å². The van der Waals surface area contributed by atoms with E-state index in [0.717, 1.165) is 37.9 Å². The Morgan fingerprint density at radius 3 is 2.21 bits per heavy atom. The first-order chi connectivity index (χ1) is 6.75. The average molecular weight is 195 g/mol. The van der Waals surface area contributed by atoms with Gasteiger partial charge in [-0.2, -0.15) is 0 Å². The normalized spacial score (nSPS) is 35.9. The van der Waals surface area contributed by atoms with Crippen LogP contribution in [0.4, 0.5) is 0 Å². The van der Waals surface area contributed by atoms with Gasteiger partial charge in [-0.25, -0.2) is 0 Å². The molecule has 2 rings (SSSR count). The molecule has 14 heavy (non-hydrogen) atoms. The summed E-state index contributed by atoms with van der Waals surface area (Å²) in [7, 11) is 0. The van der Waals surface area contributed by atoms with Crippen molar-refractivity contribution in [1.29, 1.82) is 0 Å². The molecule has 1 aliphatic heterocycles. The number of carbonyl (C=O) groups is 1. The van der Waals surface area contributed by atoms with E-state index >= 15 is 0 Å². The van der Waals surface area contributed by atoms with Crippen molar-refractivity contribution in [3.8, 4) is 0 Å². The highest BCUT2D eigenvalue weighted by Gasteiger charge is 2.26. The number of hydrogen-bond donors (Lipinski definition) is 0. The second-order valence-corrected chi connectivity index (χ2v) is 4.99. The molecule has 0 aromatic rings. The molecule has 0 aromatic heterocycles. The lowest BCUT2D eigenvalue weighted by Crippen LogP contribution is -2.43. The van der Waals surface area contributed by atoms with Gasteiger partial charge in [-0.15, -0.1) is 0 Å². The maximum atomic E-state index is 11.1. The van der Waals surface area contributed by atoms with Gasteiger partial charge in [0.25, 0.3) is 0 Å². The molecule has 0 N–H and O–H groups in total. The second kappa shape index (κ2) is 4.43. The summed E-state index contributed by atoms with van der Waals surface area (Å²) in [4.78, 5) is 13.7. The lowest BCUT2D eigenvalue weighted by Gasteiger charge is -2.37. The van der Waals surface area contributed by atoms with Crippen LogP contribution in [0.3, 0.4) is 0 Å². The van der Waals surface area contributed by atoms with E-state index in [1.807, 2.05) is 0 Å². The van der Waals surface area contributed by atoms with Gasteiger partial charge in [0.1, 0.15) is 5.78 Å². The van der Waals surface area contributed by atoms with Gasteiger partial charge < -0.3 is 0 Å². The van der Waals surface area contributed by atoms with Crippen LogP contribution in [0.1, 0.15) is 45.4 Å². The second-order valence-electron chi connectivity index (χ2n) is 4.99. The summed E-state index contributed by atoms with van der Waals surface area (Å²) in [5, 5.41) is 0. The molecule has 0 radical (unpaired) electrons. The van der Waals surface area contributed by atoms with Crippen molar-refractivity contribution in [1.82, 2.24) is 4.90 Å². The molecule has 1 saturated heterocycles. The van der Waals surface area contributed by atoms with Crippen molar-refractivity contribution in [2.45, 2.75) is 51.5 Å². The van der Waals surface area contributed by atoms with Gasteiger partial charge in [-0.3, -0.25) is 9.69 Å². The quantitative estimate of drug-likeness (QED) is 0.639. The summed E-state index contributed by atoms with van der Waals surface area (Å²) >= 11 is 0. The zero-order valence-electron chi connectivity index (χ0n) is 9.17. The zero-order valence-corrected chi connectivity index (χ0v) is 9.17. The minimum Gasteiger partial charge on any atom is -0.300 e. The highest BCUT2D eigenvalue weighted by molar-refractivity contribution is 5.79. The molecule has 2 aliphatic rings. The number of carbonyl (C=O) groups excluding carboxylic acids is 1. The summed E-state index contributed by atoms with van der Waals surface area (Å²) in [6, 6.07) is 0.791. The standard InChI is InChI=1S/C12H21NO/c1-10-2-4-11(5-3-10)13-8-6-12(14)7-9-13/h10-11H,2-9H2,1H3/t10-,11-. The Bertz CT molecular complexity index is 196. The Balaban J connectivity index is 1.81. The lowest BCUT2D eigenvalue weighted by atomic mass is 9.86. The maximum Gasteiger partial charge on any atom is 0.135 e. The third-order valence-electron chi connectivity index (χ3n) is 3.86. The van der Waals surface area contributed by atoms with Crippen LogP contribution in [-0.2, 0) is 4.79 Å². The molecule has 0 bridgehead atoms. The Morgan fingerprint density at radius 2 is 1.64 bits per heavy atom. The summed E-state index contributed by atoms with van der Waals surface area (Å²) in [6.07, 6.45) is 7.08. The third kappa shape index (κ3) is 2.35. The summed E-state index contributed by atoms with van der Waals surface area (Å²) in [6.45, 7) is 4.41. The number of hydrogen-bond acceptors (Lipinski definition) is 2. The van der Waals surface area contributed by atoms with E-state index in [9.17, 15) is 4.79 Å². The van der Waals surface area contributed by atoms with Gasteiger partial charge in [0, 0.05) is 32.0 Å². The van der Waals surface area contributed by atoms with E-state index in [2.05, 4.69) is 11.8 Å². The van der Waals surface area contributed by atoms with Crippen LogP contribution < -0.4 is 0 Å². The molecule has 0 unspecified atom stereocenters. The van der Waals surface area contributed by atoms with E-state index in [1.54, 1.807) is 0 Å². The molecule has 2 nitrogen and oxygen atoms in total. The number of Topliss-reactive ketones (excluding diaryl/α,β-unsaturated/α-hetero) is 1. The molecule has 1 saturated carbocycles. The first-order valence-corrected chi connectivity index (χ1v) is 6.01. The molecular formula is C12H21NO. The summed E-state index contributed by atoms with van der Waals surface area (Å²) in [5.74, 6) is 1.39. The van der Waals surface area contributed by atoms with Crippen molar-refractivity contribution in [2.24, 2.45) is 5.92 Å². The number of nitrogens with zero attached hydrogens (tertiary/aromatic N) is 1. The molecular weight excluding hydrogens is 174 g/mol. The number of ketones is 1. The minimum absolute atomic E-state index is 0.463. The van der Waals surface area contributed by atoms with Gasteiger partial charge in [-0.05, 0) is 31.6 Å². The fourth-order valence-electron chi connectivity index (χ4n) is 2.75. The van der Waals surface area contributed by atoms with Crippen molar-refractivity contribution < 1.29 is 4.79 Å². The average Bonchev–Trinajstić information content (AvgIpc) is 2.21. The zero-order chi connectivity index (χ0) is 9.97. The highest BCUT2D eigenvalue weighted by atomic mass is 16.1. The van der Waals surface area contributed by atoms with Gasteiger partial charge in [0.05, 0.1) is 0 Å². The van der Waals surface area contributed by atoms with Crippen LogP contribution >= 0.6 is 0 Å². The Labute approximate surface area is 86.7 Å². The van der Waals surface area contributed by atoms with Gasteiger partial charge >= 0.3 is 0 Å². The lowest BCUT2D eigenvalue weighted by molar-refractivity contribution is -0.122. The molecule has 1 aliphatic carbocycles. The predicted octanol–water partition coefficient (Wildman–Crippen LogP) is 2.23. The molecule has 0 spiro atoms. The largest absolute Gasteiger partial charge is 0.300 e. The smallest absolute Gasteiger partial charge is 0.135 e. The number of likely N-dealkylation sites (tertiary alicyclic amines) is 1. The Morgan fingerprint density at radius 1 is 1.07 bits per heavy atom. The van der Waals surface area contributed by atoms with Crippen LogP contribution in [0.15, 0.2) is 0 Å². The Kier molecular flexibility index (Phi) is 3.22. The highest BCUT2D eigenvalue weighted by Crippen LogP contribution is 2.28. The fourth-order valence-corrected chi connectivity index (χ4v) is 2.75. The number of piperidine rings is 1. The van der Waals surface area contributed by atoms with E-state index in [1.165, 1.54) is 25.7 Å². The van der Waals surface area contributed by atoms with Crippen molar-refractivity contribution in [3.05, 3.63) is 0 Å². The summed E-state index contributed by atoms with van der Waals surface area (Å²) < 4.78 is 0. The fraction of sp³-hybridized carbons (Fsp3) is 0.917. The van der Waals surface area contributed by atoms with Crippen LogP contribution in [0.5, 0.6) is 0 Å². The molecule has 2 heteroatoms. The third-order valence-corrected chi connectivity index (χ3v) is 3.86. The van der Waals surface area contributed by atoms with Crippen molar-refractivity contribution in [3.63, 3.8) is 0 Å². The topological polar surface area (TPSA) is 20.3 Å². The maximum absolute atomic E-state index is 11.1. The monoisotopic (exact) mass is 195 g/mol. The van der Waals surface area contributed by atoms with Gasteiger partial charge in [-0.1, -0.05) is 6.92 Å². The molecule has 0 amide bonds. The Hall–Kier alpha value is -0.370. The van der Waals surface area contributed by atoms with E-state index in [-0.39, 0.29) is 0 Å². The van der Waals surface area contributed by atoms with E-state index in [4.69, 9.17) is 0 Å². The molecule has 0 atom stereocenters. The minimum atomic E-state index is 0.463. The van der Waals surface area contributed by atoms with Crippen LogP contribution in [0.2, 0.25) is 0 Å².